The summed E-state index contributed by atoms with van der Waals surface area (Å²) in [6.07, 6.45) is 1.25. The third-order valence-corrected chi connectivity index (χ3v) is 4.62. The summed E-state index contributed by atoms with van der Waals surface area (Å²) in [5.74, 6) is 0.462. The van der Waals surface area contributed by atoms with Gasteiger partial charge in [0.15, 0.2) is 0 Å². The smallest absolute Gasteiger partial charge is 1.00 e. The molecule has 0 atom stereocenters. The predicted molar refractivity (Wildman–Crippen MR) is 119 cm³/mol. The number of rotatable bonds is 11. The van der Waals surface area contributed by atoms with Gasteiger partial charge in [-0.05, 0) is 42.2 Å². The Balaban J connectivity index is 0.00000272. The number of nitrogens with two attached hydrogens (primary N) is 1. The standard InChI is InChI=1S/C25H25NO5.Na.H/c26-24(27)16-20-12-13-22(17-23(20)30-14-5-4-11-25(28)29)31-21-10-6-9-19(15-21)18-7-2-1-3-8-18;;/h1-3,6-10,12-13,15,17H,4-5,11,14,16H2,(H2,26,27)(H,28,29);;/q;+1;-1. The molecule has 3 aromatic carbocycles. The van der Waals surface area contributed by atoms with Crippen LogP contribution in [0.2, 0.25) is 0 Å². The number of amides is 1. The number of carbonyl (C=O) groups is 2. The Morgan fingerprint density at radius 3 is 2.31 bits per heavy atom. The van der Waals surface area contributed by atoms with Crippen LogP contribution in [0.1, 0.15) is 26.3 Å². The Labute approximate surface area is 211 Å². The molecule has 0 saturated heterocycles. The number of carbonyl (C=O) groups excluding carboxylic acids is 1. The summed E-state index contributed by atoms with van der Waals surface area (Å²) in [6, 6.07) is 23.0. The third kappa shape index (κ3) is 8.04. The van der Waals surface area contributed by atoms with Gasteiger partial charge in [0.05, 0.1) is 13.0 Å². The summed E-state index contributed by atoms with van der Waals surface area (Å²) in [5.41, 5.74) is 8.14. The molecule has 0 aliphatic carbocycles. The zero-order chi connectivity index (χ0) is 22.1. The largest absolute Gasteiger partial charge is 1.00 e. The number of aliphatic carboxylic acids is 1. The van der Waals surface area contributed by atoms with Gasteiger partial charge in [0, 0.05) is 18.1 Å². The maximum Gasteiger partial charge on any atom is 1.00 e. The molecule has 162 valence electrons. The number of primary amides is 1. The van der Waals surface area contributed by atoms with Crippen molar-refractivity contribution >= 4 is 11.9 Å². The second kappa shape index (κ2) is 12.9. The molecule has 0 spiro atoms. The molecule has 0 unspecified atom stereocenters. The van der Waals surface area contributed by atoms with E-state index in [1.165, 1.54) is 0 Å². The normalized spacial score (nSPS) is 10.1. The van der Waals surface area contributed by atoms with Crippen LogP contribution in [0.5, 0.6) is 17.2 Å². The van der Waals surface area contributed by atoms with Crippen LogP contribution in [0.25, 0.3) is 11.1 Å². The van der Waals surface area contributed by atoms with Gasteiger partial charge in [-0.1, -0.05) is 48.5 Å². The number of carboxylic acid groups (broad SMARTS) is 1. The summed E-state index contributed by atoms with van der Waals surface area (Å²) in [4.78, 5) is 22.0. The van der Waals surface area contributed by atoms with E-state index in [0.717, 1.165) is 11.1 Å². The summed E-state index contributed by atoms with van der Waals surface area (Å²) < 4.78 is 11.8. The van der Waals surface area contributed by atoms with Gasteiger partial charge >= 0.3 is 35.5 Å². The zero-order valence-corrected chi connectivity index (χ0v) is 20.1. The Bertz CT molecular complexity index is 1050. The molecular formula is C25H26NNaO5. The van der Waals surface area contributed by atoms with E-state index in [0.29, 0.717) is 42.3 Å². The first-order valence-corrected chi connectivity index (χ1v) is 10.1. The summed E-state index contributed by atoms with van der Waals surface area (Å²) >= 11 is 0. The summed E-state index contributed by atoms with van der Waals surface area (Å²) in [5, 5.41) is 8.73. The maximum atomic E-state index is 11.4. The van der Waals surface area contributed by atoms with Crippen molar-refractivity contribution in [2.24, 2.45) is 5.73 Å². The van der Waals surface area contributed by atoms with Crippen LogP contribution in [0.4, 0.5) is 0 Å². The van der Waals surface area contributed by atoms with Gasteiger partial charge in [-0.15, -0.1) is 0 Å². The van der Waals surface area contributed by atoms with E-state index in [2.05, 4.69) is 0 Å². The van der Waals surface area contributed by atoms with Crippen LogP contribution in [0, 0.1) is 0 Å². The molecule has 0 aliphatic heterocycles. The quantitative estimate of drug-likeness (QED) is 0.349. The number of ether oxygens (including phenoxy) is 2. The minimum Gasteiger partial charge on any atom is -1.00 e. The molecule has 7 heteroatoms. The summed E-state index contributed by atoms with van der Waals surface area (Å²) in [6.45, 7) is 0.339. The van der Waals surface area contributed by atoms with E-state index >= 15 is 0 Å². The van der Waals surface area contributed by atoms with Gasteiger partial charge in [-0.3, -0.25) is 9.59 Å². The van der Waals surface area contributed by atoms with Gasteiger partial charge in [-0.2, -0.15) is 0 Å². The molecule has 0 radical (unpaired) electrons. The molecule has 3 aromatic rings. The van der Waals surface area contributed by atoms with Crippen LogP contribution >= 0.6 is 0 Å². The minimum absolute atomic E-state index is 0. The van der Waals surface area contributed by atoms with Crippen molar-refractivity contribution in [1.29, 1.82) is 0 Å². The average Bonchev–Trinajstić information content (AvgIpc) is 2.75. The van der Waals surface area contributed by atoms with Crippen molar-refractivity contribution in [2.75, 3.05) is 6.61 Å². The Morgan fingerprint density at radius 1 is 0.875 bits per heavy atom. The summed E-state index contributed by atoms with van der Waals surface area (Å²) in [7, 11) is 0. The van der Waals surface area contributed by atoms with Gasteiger partial charge in [0.2, 0.25) is 5.91 Å². The first-order valence-electron chi connectivity index (χ1n) is 10.1. The van der Waals surface area contributed by atoms with E-state index in [1.54, 1.807) is 18.2 Å². The monoisotopic (exact) mass is 443 g/mol. The fourth-order valence-corrected chi connectivity index (χ4v) is 3.13. The number of hydrogen-bond acceptors (Lipinski definition) is 4. The van der Waals surface area contributed by atoms with Crippen molar-refractivity contribution < 1.29 is 55.2 Å². The fourth-order valence-electron chi connectivity index (χ4n) is 3.13. The Hall–Kier alpha value is -2.80. The zero-order valence-electron chi connectivity index (χ0n) is 19.1. The first kappa shape index (κ1) is 25.5. The van der Waals surface area contributed by atoms with Gasteiger partial charge < -0.3 is 21.7 Å². The number of unbranched alkanes of at least 4 members (excludes halogenated alkanes) is 1. The molecule has 1 amide bonds. The maximum absolute atomic E-state index is 11.4. The number of carboxylic acids is 1. The fraction of sp³-hybridized carbons (Fsp3) is 0.200. The van der Waals surface area contributed by atoms with Crippen LogP contribution < -0.4 is 44.8 Å². The van der Waals surface area contributed by atoms with E-state index in [9.17, 15) is 9.59 Å². The second-order valence-corrected chi connectivity index (χ2v) is 7.11. The SMILES string of the molecule is NC(=O)Cc1ccc(Oc2cccc(-c3ccccc3)c2)cc1OCCCCC(=O)O.[H-].[Na+]. The first-order chi connectivity index (χ1) is 15.0. The van der Waals surface area contributed by atoms with Crippen LogP contribution in [0.15, 0.2) is 72.8 Å². The number of benzene rings is 3. The van der Waals surface area contributed by atoms with Crippen molar-refractivity contribution in [2.45, 2.75) is 25.7 Å². The Morgan fingerprint density at radius 2 is 1.59 bits per heavy atom. The third-order valence-electron chi connectivity index (χ3n) is 4.62. The molecule has 0 fully saturated rings. The predicted octanol–water partition coefficient (Wildman–Crippen LogP) is 1.92. The van der Waals surface area contributed by atoms with Crippen LogP contribution in [-0.4, -0.2) is 23.6 Å². The molecule has 6 nitrogen and oxygen atoms in total. The molecule has 0 bridgehead atoms. The second-order valence-electron chi connectivity index (χ2n) is 7.11. The van der Waals surface area contributed by atoms with Crippen LogP contribution in [-0.2, 0) is 16.0 Å². The van der Waals surface area contributed by atoms with Gasteiger partial charge in [0.25, 0.3) is 0 Å². The van der Waals surface area contributed by atoms with Crippen molar-refractivity contribution in [3.63, 3.8) is 0 Å². The van der Waals surface area contributed by atoms with E-state index < -0.39 is 11.9 Å². The minimum atomic E-state index is -0.831. The topological polar surface area (TPSA) is 98.9 Å². The molecule has 0 aliphatic rings. The van der Waals surface area contributed by atoms with E-state index in [4.69, 9.17) is 20.3 Å². The molecule has 32 heavy (non-hydrogen) atoms. The van der Waals surface area contributed by atoms with Crippen molar-refractivity contribution in [1.82, 2.24) is 0 Å². The molecule has 0 saturated carbocycles. The van der Waals surface area contributed by atoms with Gasteiger partial charge in [-0.25, -0.2) is 0 Å². The number of hydrogen-bond donors (Lipinski definition) is 2. The van der Waals surface area contributed by atoms with Crippen LogP contribution in [0.3, 0.4) is 0 Å². The molecular weight excluding hydrogens is 417 g/mol. The molecule has 3 N–H and O–H groups in total. The van der Waals surface area contributed by atoms with Crippen molar-refractivity contribution in [3.05, 3.63) is 78.4 Å². The molecule has 0 aromatic heterocycles. The Kier molecular flexibility index (Phi) is 10.3. The average molecular weight is 443 g/mol. The van der Waals surface area contributed by atoms with E-state index in [-0.39, 0.29) is 43.8 Å². The van der Waals surface area contributed by atoms with E-state index in [1.807, 2.05) is 54.6 Å². The van der Waals surface area contributed by atoms with Gasteiger partial charge in [0.1, 0.15) is 17.2 Å². The van der Waals surface area contributed by atoms with Crippen molar-refractivity contribution in [3.8, 4) is 28.4 Å². The molecule has 3 rings (SSSR count). The molecule has 0 heterocycles.